The van der Waals surface area contributed by atoms with Crippen LogP contribution in [0.5, 0.6) is 11.5 Å². The van der Waals surface area contributed by atoms with Gasteiger partial charge in [0.2, 0.25) is 0 Å². The molecule has 1 aliphatic heterocycles. The SMILES string of the molecule is CC1CC1(F)c1cc(OCC2=C(c3ccccc3OC(C)(F)F)CCOC2)ccc1CCC(=O)O. The van der Waals surface area contributed by atoms with Gasteiger partial charge in [0, 0.05) is 18.9 Å². The Bertz CT molecular complexity index is 1120. The number of halogens is 3. The average Bonchev–Trinajstić information content (AvgIpc) is 3.43. The van der Waals surface area contributed by atoms with Gasteiger partial charge in [-0.3, -0.25) is 4.79 Å². The van der Waals surface area contributed by atoms with E-state index in [4.69, 9.17) is 19.3 Å². The maximum atomic E-state index is 15.3. The first kappa shape index (κ1) is 25.1. The summed E-state index contributed by atoms with van der Waals surface area (Å²) in [6, 6.07) is 11.7. The van der Waals surface area contributed by atoms with E-state index in [1.165, 1.54) is 6.07 Å². The van der Waals surface area contributed by atoms with Crippen molar-refractivity contribution in [3.05, 3.63) is 64.7 Å². The molecule has 1 fully saturated rings. The minimum absolute atomic E-state index is 0.0798. The average molecular weight is 491 g/mol. The van der Waals surface area contributed by atoms with Gasteiger partial charge in [0.25, 0.3) is 0 Å². The van der Waals surface area contributed by atoms with E-state index in [0.717, 1.165) is 11.1 Å². The summed E-state index contributed by atoms with van der Waals surface area (Å²) in [5.41, 5.74) is 1.84. The fraction of sp³-hybridized carbons (Fsp3) is 0.444. The third kappa shape index (κ3) is 5.99. The summed E-state index contributed by atoms with van der Waals surface area (Å²) in [5.74, 6) is -0.538. The molecule has 0 amide bonds. The van der Waals surface area contributed by atoms with Crippen molar-refractivity contribution >= 4 is 11.5 Å². The van der Waals surface area contributed by atoms with E-state index in [1.807, 2.05) is 6.92 Å². The lowest BCUT2D eigenvalue weighted by molar-refractivity contribution is -0.159. The Morgan fingerprint density at radius 1 is 1.26 bits per heavy atom. The van der Waals surface area contributed by atoms with Gasteiger partial charge in [-0.15, -0.1) is 0 Å². The maximum absolute atomic E-state index is 15.3. The number of benzene rings is 2. The Balaban J connectivity index is 1.59. The van der Waals surface area contributed by atoms with Gasteiger partial charge in [-0.05, 0) is 65.7 Å². The molecular formula is C27H29F3O5. The number of aryl methyl sites for hydroxylation is 1. The first-order valence-electron chi connectivity index (χ1n) is 11.7. The molecule has 1 heterocycles. The van der Waals surface area contributed by atoms with Gasteiger partial charge in [-0.1, -0.05) is 31.2 Å². The molecule has 8 heteroatoms. The Morgan fingerprint density at radius 2 is 2.00 bits per heavy atom. The zero-order valence-corrected chi connectivity index (χ0v) is 19.8. The van der Waals surface area contributed by atoms with Crippen LogP contribution in [-0.4, -0.2) is 37.0 Å². The number of ether oxygens (including phenoxy) is 3. The molecule has 0 aromatic heterocycles. The van der Waals surface area contributed by atoms with Gasteiger partial charge in [-0.2, -0.15) is 8.78 Å². The van der Waals surface area contributed by atoms with E-state index in [9.17, 15) is 13.6 Å². The predicted molar refractivity (Wildman–Crippen MR) is 125 cm³/mol. The highest BCUT2D eigenvalue weighted by Gasteiger charge is 2.54. The van der Waals surface area contributed by atoms with Gasteiger partial charge >= 0.3 is 12.1 Å². The highest BCUT2D eigenvalue weighted by Crippen LogP contribution is 2.56. The molecule has 1 saturated carbocycles. The van der Waals surface area contributed by atoms with Crippen molar-refractivity contribution in [3.63, 3.8) is 0 Å². The number of hydrogen-bond donors (Lipinski definition) is 1. The number of alkyl halides is 3. The summed E-state index contributed by atoms with van der Waals surface area (Å²) in [6.07, 6.45) is -2.26. The lowest BCUT2D eigenvalue weighted by Gasteiger charge is -2.24. The molecule has 0 spiro atoms. The summed E-state index contributed by atoms with van der Waals surface area (Å²) >= 11 is 0. The Kier molecular flexibility index (Phi) is 7.12. The smallest absolute Gasteiger partial charge is 0.394 e. The number of carboxylic acids is 1. The van der Waals surface area contributed by atoms with Crippen LogP contribution in [0.1, 0.15) is 49.8 Å². The second-order valence-electron chi connectivity index (χ2n) is 9.26. The molecule has 2 unspecified atom stereocenters. The van der Waals surface area contributed by atoms with E-state index < -0.39 is 17.7 Å². The molecule has 2 atom stereocenters. The second kappa shape index (κ2) is 9.93. The third-order valence-electron chi connectivity index (χ3n) is 6.48. The normalized spacial score (nSPS) is 22.1. The standard InChI is InChI=1S/C27H29F3O5/c1-17-14-27(17,30)23-13-20(9-7-18(23)8-10-25(31)32)34-16-19-15-33-12-11-21(19)22-5-3-4-6-24(22)35-26(2,28)29/h3-7,9,13,17H,8,10-12,14-16H2,1-2H3,(H,31,32). The van der Waals surface area contributed by atoms with Gasteiger partial charge in [0.1, 0.15) is 23.8 Å². The molecule has 35 heavy (non-hydrogen) atoms. The number of aliphatic carboxylic acids is 1. The van der Waals surface area contributed by atoms with Crippen LogP contribution >= 0.6 is 0 Å². The van der Waals surface area contributed by atoms with E-state index in [2.05, 4.69) is 0 Å². The lowest BCUT2D eigenvalue weighted by atomic mass is 9.95. The molecule has 0 bridgehead atoms. The monoisotopic (exact) mass is 490 g/mol. The number of hydrogen-bond acceptors (Lipinski definition) is 4. The Labute approximate surface area is 202 Å². The van der Waals surface area contributed by atoms with Crippen molar-refractivity contribution in [1.29, 1.82) is 0 Å². The highest BCUT2D eigenvalue weighted by molar-refractivity contribution is 5.74. The highest BCUT2D eigenvalue weighted by atomic mass is 19.3. The Hall–Kier alpha value is -3.00. The predicted octanol–water partition coefficient (Wildman–Crippen LogP) is 6.15. The van der Waals surface area contributed by atoms with Crippen LogP contribution in [0.3, 0.4) is 0 Å². The maximum Gasteiger partial charge on any atom is 0.394 e. The van der Waals surface area contributed by atoms with Crippen molar-refractivity contribution in [1.82, 2.24) is 0 Å². The molecule has 1 N–H and O–H groups in total. The molecular weight excluding hydrogens is 461 g/mol. The minimum Gasteiger partial charge on any atom is -0.489 e. The topological polar surface area (TPSA) is 65.0 Å². The van der Waals surface area contributed by atoms with Crippen LogP contribution in [0.25, 0.3) is 5.57 Å². The van der Waals surface area contributed by atoms with Crippen molar-refractivity contribution in [3.8, 4) is 11.5 Å². The summed E-state index contributed by atoms with van der Waals surface area (Å²) in [4.78, 5) is 11.0. The molecule has 1 aliphatic carbocycles. The van der Waals surface area contributed by atoms with Gasteiger partial charge < -0.3 is 19.3 Å². The summed E-state index contributed by atoms with van der Waals surface area (Å²) < 4.78 is 59.0. The number of carboxylic acid groups (broad SMARTS) is 1. The van der Waals surface area contributed by atoms with Crippen LogP contribution in [-0.2, 0) is 21.6 Å². The van der Waals surface area contributed by atoms with Crippen molar-refractivity contribution in [2.24, 2.45) is 5.92 Å². The Morgan fingerprint density at radius 3 is 2.69 bits per heavy atom. The van der Waals surface area contributed by atoms with Crippen LogP contribution in [0.2, 0.25) is 0 Å². The van der Waals surface area contributed by atoms with Gasteiger partial charge in [0.05, 0.1) is 13.2 Å². The first-order chi connectivity index (χ1) is 16.6. The van der Waals surface area contributed by atoms with E-state index in [-0.39, 0.29) is 37.7 Å². The fourth-order valence-electron chi connectivity index (χ4n) is 4.51. The molecule has 188 valence electrons. The van der Waals surface area contributed by atoms with E-state index in [0.29, 0.717) is 48.8 Å². The molecule has 2 aromatic carbocycles. The summed E-state index contributed by atoms with van der Waals surface area (Å²) in [5, 5.41) is 9.03. The van der Waals surface area contributed by atoms with E-state index >= 15 is 4.39 Å². The zero-order valence-electron chi connectivity index (χ0n) is 19.8. The lowest BCUT2D eigenvalue weighted by Crippen LogP contribution is -2.21. The third-order valence-corrected chi connectivity index (χ3v) is 6.48. The number of carbonyl (C=O) groups is 1. The summed E-state index contributed by atoms with van der Waals surface area (Å²) in [6.45, 7) is 3.38. The van der Waals surface area contributed by atoms with Gasteiger partial charge in [0.15, 0.2) is 0 Å². The van der Waals surface area contributed by atoms with Crippen LogP contribution in [0.15, 0.2) is 48.0 Å². The zero-order chi connectivity index (χ0) is 25.2. The van der Waals surface area contributed by atoms with Crippen molar-refractivity contribution < 1.29 is 37.3 Å². The van der Waals surface area contributed by atoms with Crippen molar-refractivity contribution in [2.75, 3.05) is 19.8 Å². The van der Waals surface area contributed by atoms with Gasteiger partial charge in [-0.25, -0.2) is 4.39 Å². The number of para-hydroxylation sites is 1. The molecule has 5 nitrogen and oxygen atoms in total. The van der Waals surface area contributed by atoms with Crippen molar-refractivity contribution in [2.45, 2.75) is 51.3 Å². The van der Waals surface area contributed by atoms with Crippen LogP contribution in [0.4, 0.5) is 13.2 Å². The summed E-state index contributed by atoms with van der Waals surface area (Å²) in [7, 11) is 0. The second-order valence-corrected chi connectivity index (χ2v) is 9.26. The minimum atomic E-state index is -3.32. The molecule has 2 aromatic rings. The fourth-order valence-corrected chi connectivity index (χ4v) is 4.51. The van der Waals surface area contributed by atoms with E-state index in [1.54, 1.807) is 36.4 Å². The largest absolute Gasteiger partial charge is 0.489 e. The molecule has 0 radical (unpaired) electrons. The quantitative estimate of drug-likeness (QED) is 0.433. The first-order valence-corrected chi connectivity index (χ1v) is 11.7. The molecule has 4 rings (SSSR count). The molecule has 2 aliphatic rings. The number of rotatable bonds is 10. The molecule has 0 saturated heterocycles. The van der Waals surface area contributed by atoms with Crippen LogP contribution < -0.4 is 9.47 Å². The van der Waals surface area contributed by atoms with Crippen LogP contribution in [0, 0.1) is 5.92 Å².